The van der Waals surface area contributed by atoms with E-state index in [1.165, 1.54) is 12.1 Å². The standard InChI is InChI=1S/C29H23F2N7O2/c1-2-16-9-23(28(40)37(14-16)20-6-7-20)27(39)35-25-12-19(11-24(34-25)18-4-5-18)21-8-3-17(13-32)10-22(21)26-36-33-15-38(26)29(30)31/h2-3,8-12,14-15,18,20,29H,1,4-7H2,(H,34,35,39). The van der Waals surface area contributed by atoms with E-state index in [2.05, 4.69) is 27.1 Å². The van der Waals surface area contributed by atoms with Gasteiger partial charge in [-0.2, -0.15) is 14.0 Å². The molecule has 0 atom stereocenters. The lowest BCUT2D eigenvalue weighted by atomic mass is 9.96. The number of benzene rings is 1. The Morgan fingerprint density at radius 1 is 1.15 bits per heavy atom. The van der Waals surface area contributed by atoms with E-state index in [0.29, 0.717) is 21.3 Å². The van der Waals surface area contributed by atoms with Crippen LogP contribution < -0.4 is 10.9 Å². The summed E-state index contributed by atoms with van der Waals surface area (Å²) in [5.74, 6) is -0.291. The highest BCUT2D eigenvalue weighted by atomic mass is 19.3. The molecule has 40 heavy (non-hydrogen) atoms. The normalized spacial score (nSPS) is 14.7. The van der Waals surface area contributed by atoms with Crippen molar-refractivity contribution in [3.8, 4) is 28.6 Å². The lowest BCUT2D eigenvalue weighted by Crippen LogP contribution is -2.29. The second kappa shape index (κ2) is 9.96. The van der Waals surface area contributed by atoms with Gasteiger partial charge in [0.2, 0.25) is 0 Å². The van der Waals surface area contributed by atoms with Gasteiger partial charge in [-0.1, -0.05) is 18.7 Å². The summed E-state index contributed by atoms with van der Waals surface area (Å²) in [5.41, 5.74) is 2.63. The first kappa shape index (κ1) is 25.3. The summed E-state index contributed by atoms with van der Waals surface area (Å²) in [5, 5.41) is 19.8. The average molecular weight is 540 g/mol. The molecule has 6 rings (SSSR count). The molecule has 1 N–H and O–H groups in total. The molecular formula is C29H23F2N7O2. The van der Waals surface area contributed by atoms with Crippen LogP contribution in [0.2, 0.25) is 0 Å². The maximum Gasteiger partial charge on any atom is 0.321 e. The van der Waals surface area contributed by atoms with E-state index in [1.54, 1.807) is 35.0 Å². The van der Waals surface area contributed by atoms with Crippen LogP contribution in [0.5, 0.6) is 0 Å². The molecule has 0 saturated heterocycles. The fourth-order valence-electron chi connectivity index (χ4n) is 4.69. The van der Waals surface area contributed by atoms with Gasteiger partial charge in [0.1, 0.15) is 17.7 Å². The Bertz CT molecular complexity index is 1760. The van der Waals surface area contributed by atoms with E-state index in [0.717, 1.165) is 37.7 Å². The molecule has 2 aliphatic rings. The quantitative estimate of drug-likeness (QED) is 0.314. The van der Waals surface area contributed by atoms with Crippen LogP contribution in [0.4, 0.5) is 14.6 Å². The van der Waals surface area contributed by atoms with Crippen LogP contribution >= 0.6 is 0 Å². The molecule has 200 valence electrons. The maximum atomic E-state index is 13.7. The Morgan fingerprint density at radius 3 is 2.62 bits per heavy atom. The lowest BCUT2D eigenvalue weighted by molar-refractivity contribution is 0.0716. The number of anilines is 1. The highest BCUT2D eigenvalue weighted by Crippen LogP contribution is 2.42. The molecular weight excluding hydrogens is 516 g/mol. The molecule has 0 spiro atoms. The summed E-state index contributed by atoms with van der Waals surface area (Å²) in [7, 11) is 0. The molecule has 1 amide bonds. The number of nitrogens with zero attached hydrogens (tertiary/aromatic N) is 6. The molecule has 0 radical (unpaired) electrons. The van der Waals surface area contributed by atoms with Crippen molar-refractivity contribution in [2.45, 2.75) is 44.2 Å². The predicted octanol–water partition coefficient (Wildman–Crippen LogP) is 5.54. The van der Waals surface area contributed by atoms with Crippen molar-refractivity contribution in [3.05, 3.63) is 88.2 Å². The molecule has 11 heteroatoms. The predicted molar refractivity (Wildman–Crippen MR) is 144 cm³/mol. The van der Waals surface area contributed by atoms with Gasteiger partial charge in [-0.25, -0.2) is 4.98 Å². The minimum atomic E-state index is -2.89. The Morgan fingerprint density at radius 2 is 1.95 bits per heavy atom. The van der Waals surface area contributed by atoms with E-state index in [1.807, 2.05) is 12.1 Å². The number of amides is 1. The molecule has 4 aromatic rings. The number of carbonyl (C=O) groups is 1. The van der Waals surface area contributed by atoms with E-state index in [9.17, 15) is 23.6 Å². The molecule has 1 aromatic carbocycles. The fraction of sp³-hybridized carbons (Fsp3) is 0.241. The van der Waals surface area contributed by atoms with E-state index < -0.39 is 12.5 Å². The van der Waals surface area contributed by atoms with Crippen molar-refractivity contribution in [3.63, 3.8) is 0 Å². The van der Waals surface area contributed by atoms with Gasteiger partial charge in [0.25, 0.3) is 11.5 Å². The van der Waals surface area contributed by atoms with E-state index >= 15 is 0 Å². The summed E-state index contributed by atoms with van der Waals surface area (Å²) in [6, 6.07) is 11.8. The van der Waals surface area contributed by atoms with Crippen LogP contribution in [0.25, 0.3) is 28.6 Å². The van der Waals surface area contributed by atoms with Crippen molar-refractivity contribution in [2.75, 3.05) is 5.32 Å². The maximum absolute atomic E-state index is 13.7. The molecule has 0 bridgehead atoms. The van der Waals surface area contributed by atoms with Crippen molar-refractivity contribution < 1.29 is 13.6 Å². The zero-order chi connectivity index (χ0) is 28.0. The number of halogens is 2. The Labute approximate surface area is 227 Å². The first-order valence-corrected chi connectivity index (χ1v) is 12.8. The SMILES string of the molecule is C=Cc1cc(C(=O)Nc2cc(-c3ccc(C#N)cc3-c3nncn3C(F)F)cc(C3CC3)n2)c(=O)n(C2CC2)c1. The Hall–Kier alpha value is -4.98. The average Bonchev–Trinajstić information content (AvgIpc) is 3.90. The largest absolute Gasteiger partial charge is 0.321 e. The Kier molecular flexibility index (Phi) is 6.30. The summed E-state index contributed by atoms with van der Waals surface area (Å²) >= 11 is 0. The first-order valence-electron chi connectivity index (χ1n) is 12.8. The van der Waals surface area contributed by atoms with Gasteiger partial charge in [0, 0.05) is 29.4 Å². The number of aromatic nitrogens is 5. The number of hydrogen-bond acceptors (Lipinski definition) is 6. The number of alkyl halides is 2. The van der Waals surface area contributed by atoms with Crippen LogP contribution in [0.15, 0.2) is 60.3 Å². The summed E-state index contributed by atoms with van der Waals surface area (Å²) < 4.78 is 29.6. The van der Waals surface area contributed by atoms with Crippen molar-refractivity contribution in [2.24, 2.45) is 0 Å². The van der Waals surface area contributed by atoms with Crippen LogP contribution in [0.1, 0.15) is 71.4 Å². The number of hydrogen-bond donors (Lipinski definition) is 1. The molecule has 2 fully saturated rings. The number of nitriles is 1. The van der Waals surface area contributed by atoms with Crippen LogP contribution in [0.3, 0.4) is 0 Å². The fourth-order valence-corrected chi connectivity index (χ4v) is 4.69. The van der Waals surface area contributed by atoms with Gasteiger partial charge >= 0.3 is 6.55 Å². The third kappa shape index (κ3) is 4.80. The highest BCUT2D eigenvalue weighted by molar-refractivity contribution is 6.04. The van der Waals surface area contributed by atoms with Gasteiger partial charge in [-0.05, 0) is 72.7 Å². The molecule has 2 aliphatic carbocycles. The van der Waals surface area contributed by atoms with Gasteiger partial charge in [-0.3, -0.25) is 14.2 Å². The summed E-state index contributed by atoms with van der Waals surface area (Å²) in [6.45, 7) is 0.885. The van der Waals surface area contributed by atoms with E-state index in [-0.39, 0.29) is 45.9 Å². The van der Waals surface area contributed by atoms with Gasteiger partial charge in [0.15, 0.2) is 5.82 Å². The third-order valence-electron chi connectivity index (χ3n) is 7.05. The lowest BCUT2D eigenvalue weighted by Gasteiger charge is -2.14. The Balaban J connectivity index is 1.43. The number of rotatable bonds is 8. The third-order valence-corrected chi connectivity index (χ3v) is 7.05. The van der Waals surface area contributed by atoms with Gasteiger partial charge < -0.3 is 9.88 Å². The second-order valence-corrected chi connectivity index (χ2v) is 9.94. The molecule has 9 nitrogen and oxygen atoms in total. The van der Waals surface area contributed by atoms with Crippen molar-refractivity contribution in [1.29, 1.82) is 5.26 Å². The van der Waals surface area contributed by atoms with Crippen molar-refractivity contribution >= 4 is 17.8 Å². The van der Waals surface area contributed by atoms with Crippen LogP contribution in [-0.2, 0) is 0 Å². The zero-order valence-corrected chi connectivity index (χ0v) is 21.2. The second-order valence-electron chi connectivity index (χ2n) is 9.94. The molecule has 3 aromatic heterocycles. The van der Waals surface area contributed by atoms with Gasteiger partial charge in [0.05, 0.1) is 11.6 Å². The zero-order valence-electron chi connectivity index (χ0n) is 21.2. The first-order chi connectivity index (χ1) is 19.4. The molecule has 0 unspecified atom stereocenters. The van der Waals surface area contributed by atoms with E-state index in [4.69, 9.17) is 0 Å². The number of carbonyl (C=O) groups excluding carboxylic acids is 1. The number of nitrogens with one attached hydrogen (secondary N) is 1. The van der Waals surface area contributed by atoms with Gasteiger partial charge in [-0.15, -0.1) is 10.2 Å². The number of pyridine rings is 2. The van der Waals surface area contributed by atoms with Crippen LogP contribution in [0, 0.1) is 11.3 Å². The molecule has 3 heterocycles. The highest BCUT2D eigenvalue weighted by Gasteiger charge is 2.29. The monoisotopic (exact) mass is 539 g/mol. The summed E-state index contributed by atoms with van der Waals surface area (Å²) in [6.07, 6.45) is 7.84. The minimum Gasteiger partial charge on any atom is -0.311 e. The smallest absolute Gasteiger partial charge is 0.311 e. The summed E-state index contributed by atoms with van der Waals surface area (Å²) in [4.78, 5) is 31.1. The van der Waals surface area contributed by atoms with Crippen molar-refractivity contribution in [1.82, 2.24) is 24.3 Å². The topological polar surface area (TPSA) is 118 Å². The molecule has 2 saturated carbocycles. The minimum absolute atomic E-state index is 0.0198. The molecule has 0 aliphatic heterocycles. The van der Waals surface area contributed by atoms with Crippen LogP contribution in [-0.4, -0.2) is 30.2 Å².